The van der Waals surface area contributed by atoms with Gasteiger partial charge in [0.25, 0.3) is 0 Å². The Morgan fingerprint density at radius 1 is 1.13 bits per heavy atom. The number of benzene rings is 1. The van der Waals surface area contributed by atoms with Crippen LogP contribution in [0.1, 0.15) is 66.4 Å². The molecule has 0 aliphatic heterocycles. The predicted molar refractivity (Wildman–Crippen MR) is 85.5 cm³/mol. The maximum atomic E-state index is 2.39. The standard InChI is InChI=1S/C20H21.2ClH.Ti/c1-2-3-6-14-7-4-9-17(14)19-10-5-8-16-13-15-11-12-18(15)20(16)19;;;/h4-5,7-8,10,13H,2-3,6,9,11-12H2,1H3;2*1H;/q;;;+2/p-2. The van der Waals surface area contributed by atoms with Crippen LogP contribution in [0.3, 0.4) is 0 Å². The Kier molecular flexibility index (Phi) is 6.42. The summed E-state index contributed by atoms with van der Waals surface area (Å²) < 4.78 is 0.665. The number of fused-ring (bicyclic) bond motifs is 2. The maximum absolute atomic E-state index is 2.39. The van der Waals surface area contributed by atoms with E-state index in [4.69, 9.17) is 0 Å². The van der Waals surface area contributed by atoms with E-state index >= 15 is 0 Å². The van der Waals surface area contributed by atoms with Crippen molar-refractivity contribution in [2.24, 2.45) is 0 Å². The topological polar surface area (TPSA) is 0 Å². The third-order valence-corrected chi connectivity index (χ3v) is 6.27. The molecule has 0 amide bonds. The molecule has 1 atom stereocenters. The molecule has 23 heavy (non-hydrogen) atoms. The van der Waals surface area contributed by atoms with Gasteiger partial charge in [-0.05, 0) is 0 Å². The van der Waals surface area contributed by atoms with E-state index < -0.39 is 0 Å². The largest absolute Gasteiger partial charge is 1.00 e. The summed E-state index contributed by atoms with van der Waals surface area (Å²) >= 11 is 2.39. The minimum Gasteiger partial charge on any atom is -1.00 e. The first-order valence-corrected chi connectivity index (χ1v) is 9.16. The van der Waals surface area contributed by atoms with Crippen molar-refractivity contribution in [1.82, 2.24) is 0 Å². The van der Waals surface area contributed by atoms with Crippen LogP contribution < -0.4 is 24.8 Å². The molecule has 0 nitrogen and oxygen atoms in total. The second-order valence-corrected chi connectivity index (χ2v) is 7.32. The SMILES string of the molecule is CCCCC1=C(c2cccc3c2C2=C(CC2)[CH]3[Ti+2])CC=C1.[Cl-].[Cl-]. The minimum absolute atomic E-state index is 0. The van der Waals surface area contributed by atoms with Gasteiger partial charge in [-0.3, -0.25) is 0 Å². The molecule has 0 bridgehead atoms. The van der Waals surface area contributed by atoms with Crippen LogP contribution in [0, 0.1) is 0 Å². The first-order chi connectivity index (χ1) is 10.3. The van der Waals surface area contributed by atoms with Gasteiger partial charge in [0.15, 0.2) is 0 Å². The van der Waals surface area contributed by atoms with Crippen molar-refractivity contribution in [2.45, 2.75) is 49.7 Å². The zero-order chi connectivity index (χ0) is 14.4. The quantitative estimate of drug-likeness (QED) is 0.633. The molecule has 0 saturated heterocycles. The van der Waals surface area contributed by atoms with Crippen LogP contribution in [-0.2, 0) is 20.4 Å². The van der Waals surface area contributed by atoms with E-state index in [0.29, 0.717) is 4.22 Å². The molecule has 0 spiro atoms. The number of unbranched alkanes of at least 4 members (excludes halogenated alkanes) is 1. The predicted octanol–water partition coefficient (Wildman–Crippen LogP) is -0.253. The van der Waals surface area contributed by atoms with Gasteiger partial charge in [-0.15, -0.1) is 0 Å². The van der Waals surface area contributed by atoms with E-state index in [1.807, 2.05) is 0 Å². The van der Waals surface area contributed by atoms with Crippen molar-refractivity contribution >= 4 is 11.1 Å². The second-order valence-electron chi connectivity index (χ2n) is 6.42. The molecule has 1 aromatic carbocycles. The average Bonchev–Trinajstić information content (AvgIpc) is 2.98. The van der Waals surface area contributed by atoms with Crippen LogP contribution in [0.15, 0.2) is 41.5 Å². The number of hydrogen-bond donors (Lipinski definition) is 0. The van der Waals surface area contributed by atoms with Gasteiger partial charge in [0, 0.05) is 0 Å². The molecule has 119 valence electrons. The molecule has 0 saturated carbocycles. The van der Waals surface area contributed by atoms with Crippen molar-refractivity contribution in [1.29, 1.82) is 0 Å². The van der Waals surface area contributed by atoms with Crippen LogP contribution in [0.2, 0.25) is 0 Å². The summed E-state index contributed by atoms with van der Waals surface area (Å²) in [6.45, 7) is 2.28. The summed E-state index contributed by atoms with van der Waals surface area (Å²) in [4.78, 5) is 0. The van der Waals surface area contributed by atoms with Gasteiger partial charge in [0.05, 0.1) is 0 Å². The molecule has 1 aromatic rings. The van der Waals surface area contributed by atoms with Crippen molar-refractivity contribution in [3.8, 4) is 0 Å². The second kappa shape index (κ2) is 7.74. The van der Waals surface area contributed by atoms with E-state index in [1.54, 1.807) is 39.0 Å². The Morgan fingerprint density at radius 2 is 1.96 bits per heavy atom. The monoisotopic (exact) mass is 379 g/mol. The Bertz CT molecular complexity index is 698. The molecule has 3 heteroatoms. The van der Waals surface area contributed by atoms with E-state index in [9.17, 15) is 0 Å². The van der Waals surface area contributed by atoms with E-state index in [-0.39, 0.29) is 24.8 Å². The van der Waals surface area contributed by atoms with Crippen molar-refractivity contribution in [3.63, 3.8) is 0 Å². The van der Waals surface area contributed by atoms with Gasteiger partial charge >= 0.3 is 139 Å². The van der Waals surface area contributed by atoms with E-state index in [2.05, 4.69) is 57.7 Å². The smallest absolute Gasteiger partial charge is 1.00 e. The van der Waals surface area contributed by atoms with Gasteiger partial charge in [-0.2, -0.15) is 0 Å². The molecule has 1 unspecified atom stereocenters. The van der Waals surface area contributed by atoms with Crippen LogP contribution in [0.25, 0.3) is 11.1 Å². The van der Waals surface area contributed by atoms with Crippen LogP contribution in [-0.4, -0.2) is 0 Å². The Morgan fingerprint density at radius 3 is 2.65 bits per heavy atom. The Hall–Kier alpha value is -0.266. The molecule has 0 fully saturated rings. The number of hydrogen-bond acceptors (Lipinski definition) is 0. The third-order valence-electron chi connectivity index (χ3n) is 5.24. The molecule has 4 rings (SSSR count). The Balaban J connectivity index is 0.000000960. The fourth-order valence-corrected chi connectivity index (χ4v) is 4.89. The van der Waals surface area contributed by atoms with Gasteiger partial charge in [0.1, 0.15) is 0 Å². The first-order valence-electron chi connectivity index (χ1n) is 8.26. The fraction of sp³-hybridized carbons (Fsp3) is 0.400. The number of rotatable bonds is 4. The molecule has 3 aliphatic rings. The van der Waals surface area contributed by atoms with Crippen molar-refractivity contribution in [3.05, 3.63) is 58.2 Å². The molecule has 0 radical (unpaired) electrons. The van der Waals surface area contributed by atoms with E-state index in [1.165, 1.54) is 32.1 Å². The third kappa shape index (κ3) is 3.04. The zero-order valence-electron chi connectivity index (χ0n) is 13.5. The Labute approximate surface area is 163 Å². The van der Waals surface area contributed by atoms with Crippen molar-refractivity contribution in [2.75, 3.05) is 0 Å². The summed E-state index contributed by atoms with van der Waals surface area (Å²) in [6, 6.07) is 7.00. The van der Waals surface area contributed by atoms with Gasteiger partial charge in [0.2, 0.25) is 0 Å². The molecule has 0 aromatic heterocycles. The van der Waals surface area contributed by atoms with Gasteiger partial charge in [-0.1, -0.05) is 0 Å². The molecule has 3 aliphatic carbocycles. The van der Waals surface area contributed by atoms with Crippen LogP contribution in [0.4, 0.5) is 0 Å². The molecular weight excluding hydrogens is 359 g/mol. The molecular formula is C20H21Cl2Ti. The van der Waals surface area contributed by atoms with E-state index in [0.717, 1.165) is 6.42 Å². The summed E-state index contributed by atoms with van der Waals surface area (Å²) in [5.74, 6) is 0. The maximum Gasteiger partial charge on any atom is -1.00 e. The zero-order valence-corrected chi connectivity index (χ0v) is 16.5. The normalized spacial score (nSPS) is 20.7. The summed E-state index contributed by atoms with van der Waals surface area (Å²) in [6.07, 6.45) is 12.3. The first kappa shape index (κ1) is 19.1. The van der Waals surface area contributed by atoms with Crippen LogP contribution in [0.5, 0.6) is 0 Å². The van der Waals surface area contributed by atoms with Crippen LogP contribution >= 0.6 is 0 Å². The average molecular weight is 380 g/mol. The minimum atomic E-state index is 0. The summed E-state index contributed by atoms with van der Waals surface area (Å²) in [7, 11) is 0. The van der Waals surface area contributed by atoms with Crippen molar-refractivity contribution < 1.29 is 45.2 Å². The summed E-state index contributed by atoms with van der Waals surface area (Å²) in [5, 5.41) is 0. The fourth-order valence-electron chi connectivity index (χ4n) is 4.02. The van der Waals surface area contributed by atoms with Gasteiger partial charge < -0.3 is 24.8 Å². The van der Waals surface area contributed by atoms with Gasteiger partial charge in [-0.25, -0.2) is 0 Å². The molecule has 0 N–H and O–H groups in total. The summed E-state index contributed by atoms with van der Waals surface area (Å²) in [5.41, 5.74) is 11.3. The number of halogens is 2. The molecule has 0 heterocycles. The number of allylic oxidation sites excluding steroid dienone is 6.